The number of hydrogen-bond acceptors (Lipinski definition) is 2. The Balaban J connectivity index is 1.79. The molecular weight excluding hydrogens is 250 g/mol. The Kier molecular flexibility index (Phi) is 3.74. The van der Waals surface area contributed by atoms with Crippen molar-refractivity contribution in [3.05, 3.63) is 21.8 Å². The molecule has 0 saturated carbocycles. The minimum absolute atomic E-state index is 0.821. The van der Waals surface area contributed by atoms with Gasteiger partial charge in [0, 0.05) is 35.9 Å². The molecular formula is C16H26N3O+. The second kappa shape index (κ2) is 5.52. The second-order valence-electron chi connectivity index (χ2n) is 6.13. The largest absolute Gasteiger partial charge is 0.490 e. The zero-order chi connectivity index (χ0) is 14.1. The van der Waals surface area contributed by atoms with Gasteiger partial charge in [-0.05, 0) is 25.8 Å². The molecule has 0 bridgehead atoms. The Hall–Kier alpha value is -1.42. The molecule has 0 aromatic carbocycles. The Labute approximate surface area is 120 Å². The molecule has 110 valence electrons. The summed E-state index contributed by atoms with van der Waals surface area (Å²) in [6.45, 7) is 8.80. The first-order valence-corrected chi connectivity index (χ1v) is 7.80. The van der Waals surface area contributed by atoms with Crippen molar-refractivity contribution in [3.63, 3.8) is 0 Å². The van der Waals surface area contributed by atoms with Crippen molar-refractivity contribution >= 4 is 11.5 Å². The number of ether oxygens (including phenoxy) is 1. The molecule has 1 saturated heterocycles. The Morgan fingerprint density at radius 3 is 2.70 bits per heavy atom. The number of rotatable bonds is 4. The summed E-state index contributed by atoms with van der Waals surface area (Å²) in [5.74, 6) is 1.10. The maximum absolute atomic E-state index is 6.17. The van der Waals surface area contributed by atoms with Crippen LogP contribution in [-0.4, -0.2) is 31.2 Å². The summed E-state index contributed by atoms with van der Waals surface area (Å²) in [5, 5.41) is 2.32. The van der Waals surface area contributed by atoms with E-state index in [-0.39, 0.29) is 0 Å². The lowest BCUT2D eigenvalue weighted by atomic mass is 10.1. The number of nitrogens with two attached hydrogens (primary N) is 1. The van der Waals surface area contributed by atoms with E-state index in [0.717, 1.165) is 42.8 Å². The third-order valence-corrected chi connectivity index (χ3v) is 4.76. The minimum Gasteiger partial charge on any atom is -0.490 e. The molecule has 4 heteroatoms. The molecule has 0 radical (unpaired) electrons. The fourth-order valence-electron chi connectivity index (χ4n) is 3.42. The van der Waals surface area contributed by atoms with Crippen LogP contribution in [0, 0.1) is 13.8 Å². The molecule has 1 aromatic rings. The van der Waals surface area contributed by atoms with Gasteiger partial charge in [0.2, 0.25) is 0 Å². The maximum atomic E-state index is 6.17. The Bertz CT molecular complexity index is 608. The standard InChI is InChI=1S/C16H25N3O/c1-11-12(2)18-16-14(6-5-13(17)15(11)16)20-10-9-19-7-3-4-8-19/h18H,3-10,17H2,1-2H3/p+1. The number of nitrogens with one attached hydrogen (secondary N) is 2. The quantitative estimate of drug-likeness (QED) is 0.681. The summed E-state index contributed by atoms with van der Waals surface area (Å²) < 4.78 is 6.08. The van der Waals surface area contributed by atoms with E-state index in [0.29, 0.717) is 0 Å². The van der Waals surface area contributed by atoms with E-state index in [2.05, 4.69) is 18.8 Å². The monoisotopic (exact) mass is 276 g/mol. The number of hydrogen-bond donors (Lipinski definition) is 3. The van der Waals surface area contributed by atoms with Gasteiger partial charge in [-0.3, -0.25) is 0 Å². The van der Waals surface area contributed by atoms with Crippen LogP contribution >= 0.6 is 0 Å². The van der Waals surface area contributed by atoms with Crippen LogP contribution in [0.2, 0.25) is 0 Å². The number of quaternary nitrogens is 1. The van der Waals surface area contributed by atoms with Crippen molar-refractivity contribution in [2.24, 2.45) is 5.73 Å². The van der Waals surface area contributed by atoms with Gasteiger partial charge in [0.1, 0.15) is 18.9 Å². The minimum atomic E-state index is 0.821. The summed E-state index contributed by atoms with van der Waals surface area (Å²) in [6.07, 6.45) is 4.58. The van der Waals surface area contributed by atoms with Gasteiger partial charge in [-0.15, -0.1) is 0 Å². The van der Waals surface area contributed by atoms with Crippen LogP contribution in [0.15, 0.2) is 0 Å². The first kappa shape index (κ1) is 13.6. The molecule has 1 aromatic heterocycles. The smallest absolute Gasteiger partial charge is 0.137 e. The van der Waals surface area contributed by atoms with Crippen molar-refractivity contribution < 1.29 is 9.64 Å². The van der Waals surface area contributed by atoms with Gasteiger partial charge < -0.3 is 20.4 Å². The zero-order valence-corrected chi connectivity index (χ0v) is 12.6. The van der Waals surface area contributed by atoms with E-state index >= 15 is 0 Å². The molecule has 0 amide bonds. The first-order valence-electron chi connectivity index (χ1n) is 7.80. The summed E-state index contributed by atoms with van der Waals surface area (Å²) in [7, 11) is 0. The number of likely N-dealkylation sites (tertiary alicyclic amines) is 1. The third-order valence-electron chi connectivity index (χ3n) is 4.76. The van der Waals surface area contributed by atoms with Gasteiger partial charge in [-0.1, -0.05) is 0 Å². The maximum Gasteiger partial charge on any atom is 0.137 e. The number of aryl methyl sites for hydroxylation is 1. The highest BCUT2D eigenvalue weighted by Gasteiger charge is 2.17. The lowest BCUT2D eigenvalue weighted by Gasteiger charge is -2.16. The number of fused-ring (bicyclic) bond motifs is 1. The van der Waals surface area contributed by atoms with E-state index < -0.39 is 0 Å². The van der Waals surface area contributed by atoms with Crippen molar-refractivity contribution in [1.29, 1.82) is 0 Å². The van der Waals surface area contributed by atoms with E-state index in [1.807, 2.05) is 0 Å². The predicted molar refractivity (Wildman–Crippen MR) is 80.5 cm³/mol. The fourth-order valence-corrected chi connectivity index (χ4v) is 3.42. The van der Waals surface area contributed by atoms with Crippen LogP contribution in [0.1, 0.15) is 36.9 Å². The fraction of sp³-hybridized carbons (Fsp3) is 0.625. The Morgan fingerprint density at radius 2 is 1.95 bits per heavy atom. The Morgan fingerprint density at radius 1 is 1.20 bits per heavy atom. The molecule has 0 spiro atoms. The lowest BCUT2D eigenvalue weighted by molar-refractivity contribution is -0.887. The summed E-state index contributed by atoms with van der Waals surface area (Å²) >= 11 is 0. The summed E-state index contributed by atoms with van der Waals surface area (Å²) in [4.78, 5) is 5.14. The SMILES string of the molecule is Cc1[nH]c2c(c1C)=C(N)CCC=2OCC[NH+]1CCCC1. The molecule has 4 nitrogen and oxygen atoms in total. The average molecular weight is 276 g/mol. The number of H-pyrrole nitrogens is 1. The molecule has 1 fully saturated rings. The predicted octanol–water partition coefficient (Wildman–Crippen LogP) is -0.704. The molecule has 3 rings (SSSR count). The van der Waals surface area contributed by atoms with Crippen LogP contribution in [0.4, 0.5) is 0 Å². The number of aromatic nitrogens is 1. The van der Waals surface area contributed by atoms with Gasteiger partial charge in [0.15, 0.2) is 0 Å². The van der Waals surface area contributed by atoms with Gasteiger partial charge in [0.25, 0.3) is 0 Å². The molecule has 2 heterocycles. The van der Waals surface area contributed by atoms with Crippen LogP contribution < -0.4 is 21.2 Å². The molecule has 0 unspecified atom stereocenters. The van der Waals surface area contributed by atoms with Crippen molar-refractivity contribution in [2.45, 2.75) is 39.5 Å². The molecule has 1 aliphatic carbocycles. The van der Waals surface area contributed by atoms with Crippen molar-refractivity contribution in [1.82, 2.24) is 4.98 Å². The number of aromatic amines is 1. The second-order valence-corrected chi connectivity index (χ2v) is 6.13. The van der Waals surface area contributed by atoms with Gasteiger partial charge in [-0.25, -0.2) is 0 Å². The van der Waals surface area contributed by atoms with E-state index in [1.165, 1.54) is 42.4 Å². The molecule has 1 aliphatic heterocycles. The van der Waals surface area contributed by atoms with E-state index in [9.17, 15) is 0 Å². The molecule has 0 atom stereocenters. The molecule has 20 heavy (non-hydrogen) atoms. The van der Waals surface area contributed by atoms with Crippen LogP contribution in [-0.2, 0) is 4.74 Å². The summed E-state index contributed by atoms with van der Waals surface area (Å²) in [5.41, 5.74) is 9.64. The van der Waals surface area contributed by atoms with Gasteiger partial charge in [-0.2, -0.15) is 0 Å². The van der Waals surface area contributed by atoms with Gasteiger partial charge in [0.05, 0.1) is 18.4 Å². The highest BCUT2D eigenvalue weighted by molar-refractivity contribution is 5.54. The molecule has 4 N–H and O–H groups in total. The third kappa shape index (κ3) is 2.44. The van der Waals surface area contributed by atoms with E-state index in [4.69, 9.17) is 10.5 Å². The van der Waals surface area contributed by atoms with Crippen LogP contribution in [0.3, 0.4) is 0 Å². The van der Waals surface area contributed by atoms with E-state index in [1.54, 1.807) is 4.90 Å². The topological polar surface area (TPSA) is 55.5 Å². The van der Waals surface area contributed by atoms with Gasteiger partial charge >= 0.3 is 0 Å². The highest BCUT2D eigenvalue weighted by atomic mass is 16.5. The lowest BCUT2D eigenvalue weighted by Crippen LogP contribution is -3.10. The highest BCUT2D eigenvalue weighted by Crippen LogP contribution is 2.13. The van der Waals surface area contributed by atoms with Crippen LogP contribution in [0.5, 0.6) is 0 Å². The zero-order valence-electron chi connectivity index (χ0n) is 12.6. The summed E-state index contributed by atoms with van der Waals surface area (Å²) in [6, 6.07) is 0. The van der Waals surface area contributed by atoms with Crippen LogP contribution in [0.25, 0.3) is 11.5 Å². The van der Waals surface area contributed by atoms with Crippen molar-refractivity contribution in [2.75, 3.05) is 26.2 Å². The first-order chi connectivity index (χ1) is 9.66. The average Bonchev–Trinajstić information content (AvgIpc) is 3.03. The molecule has 2 aliphatic rings. The van der Waals surface area contributed by atoms with Crippen molar-refractivity contribution in [3.8, 4) is 0 Å². The normalized spacial score (nSPS) is 19.5.